The van der Waals surface area contributed by atoms with Crippen molar-refractivity contribution in [2.75, 3.05) is 13.6 Å². The van der Waals surface area contributed by atoms with Gasteiger partial charge in [0.15, 0.2) is 0 Å². The van der Waals surface area contributed by atoms with Crippen molar-refractivity contribution < 1.29 is 14.3 Å². The first-order valence-electron chi connectivity index (χ1n) is 7.00. The molecule has 0 spiro atoms. The van der Waals surface area contributed by atoms with Gasteiger partial charge in [-0.3, -0.25) is 4.79 Å². The molecule has 0 unspecified atom stereocenters. The standard InChI is InChI=1S/C16H19BrFNO2/c1-19(11-16(21)8-2-3-9-16)15(20)7-4-12-10-13(17)5-6-14(12)18/h4-7,10,21H,2-3,8-9,11H2,1H3/b7-4+. The summed E-state index contributed by atoms with van der Waals surface area (Å²) >= 11 is 3.27. The third kappa shape index (κ3) is 4.38. The average molecular weight is 356 g/mol. The molecule has 0 bridgehead atoms. The van der Waals surface area contributed by atoms with Gasteiger partial charge >= 0.3 is 0 Å². The largest absolute Gasteiger partial charge is 0.388 e. The topological polar surface area (TPSA) is 40.5 Å². The number of hydrogen-bond donors (Lipinski definition) is 1. The number of aliphatic hydroxyl groups is 1. The fraction of sp³-hybridized carbons (Fsp3) is 0.438. The minimum atomic E-state index is -0.765. The van der Waals surface area contributed by atoms with Crippen molar-refractivity contribution in [2.45, 2.75) is 31.3 Å². The lowest BCUT2D eigenvalue weighted by molar-refractivity contribution is -0.127. The number of rotatable bonds is 4. The summed E-state index contributed by atoms with van der Waals surface area (Å²) in [5, 5.41) is 10.3. The van der Waals surface area contributed by atoms with Gasteiger partial charge in [-0.05, 0) is 37.1 Å². The Bertz CT molecular complexity index is 553. The molecule has 0 saturated heterocycles. The second-order valence-corrected chi connectivity index (χ2v) is 6.54. The number of amides is 1. The predicted octanol–water partition coefficient (Wildman–Crippen LogP) is 3.36. The van der Waals surface area contributed by atoms with Crippen LogP contribution in [-0.2, 0) is 4.79 Å². The minimum Gasteiger partial charge on any atom is -0.388 e. The lowest BCUT2D eigenvalue weighted by Gasteiger charge is -2.27. The fourth-order valence-electron chi connectivity index (χ4n) is 2.64. The van der Waals surface area contributed by atoms with Gasteiger partial charge in [0.25, 0.3) is 0 Å². The summed E-state index contributed by atoms with van der Waals surface area (Å²) in [7, 11) is 1.65. The van der Waals surface area contributed by atoms with Crippen LogP contribution in [0.1, 0.15) is 31.2 Å². The number of halogens is 2. The predicted molar refractivity (Wildman–Crippen MR) is 84.2 cm³/mol. The number of benzene rings is 1. The smallest absolute Gasteiger partial charge is 0.246 e. The first-order valence-corrected chi connectivity index (χ1v) is 7.80. The molecule has 3 nitrogen and oxygen atoms in total. The van der Waals surface area contributed by atoms with Crippen molar-refractivity contribution in [1.29, 1.82) is 0 Å². The molecule has 1 amide bonds. The molecule has 0 heterocycles. The minimum absolute atomic E-state index is 0.241. The summed E-state index contributed by atoms with van der Waals surface area (Å²) in [6.45, 7) is 0.317. The van der Waals surface area contributed by atoms with E-state index in [1.165, 1.54) is 23.1 Å². The second-order valence-electron chi connectivity index (χ2n) is 5.62. The van der Waals surface area contributed by atoms with Gasteiger partial charge in [0.2, 0.25) is 5.91 Å². The Balaban J connectivity index is 1.99. The molecule has 5 heteroatoms. The zero-order valence-corrected chi connectivity index (χ0v) is 13.6. The Morgan fingerprint density at radius 3 is 2.81 bits per heavy atom. The van der Waals surface area contributed by atoms with Crippen LogP contribution >= 0.6 is 15.9 Å². The molecule has 1 aromatic rings. The van der Waals surface area contributed by atoms with Gasteiger partial charge in [-0.1, -0.05) is 28.8 Å². The van der Waals surface area contributed by atoms with E-state index in [-0.39, 0.29) is 11.7 Å². The highest BCUT2D eigenvalue weighted by molar-refractivity contribution is 9.10. The molecule has 0 radical (unpaired) electrons. The van der Waals surface area contributed by atoms with Gasteiger partial charge in [0.05, 0.1) is 5.60 Å². The van der Waals surface area contributed by atoms with E-state index in [9.17, 15) is 14.3 Å². The van der Waals surface area contributed by atoms with Gasteiger partial charge < -0.3 is 10.0 Å². The van der Waals surface area contributed by atoms with E-state index in [0.717, 1.165) is 30.2 Å². The van der Waals surface area contributed by atoms with E-state index in [4.69, 9.17) is 0 Å². The van der Waals surface area contributed by atoms with E-state index in [0.29, 0.717) is 12.1 Å². The van der Waals surface area contributed by atoms with E-state index in [2.05, 4.69) is 15.9 Å². The molecule has 0 aromatic heterocycles. The van der Waals surface area contributed by atoms with Gasteiger partial charge in [-0.25, -0.2) is 4.39 Å². The Labute approximate surface area is 132 Å². The fourth-order valence-corrected chi connectivity index (χ4v) is 3.02. The van der Waals surface area contributed by atoms with Crippen molar-refractivity contribution in [3.8, 4) is 0 Å². The van der Waals surface area contributed by atoms with Crippen LogP contribution < -0.4 is 0 Å². The molecule has 1 aliphatic carbocycles. The molecule has 0 aliphatic heterocycles. The summed E-state index contributed by atoms with van der Waals surface area (Å²) < 4.78 is 14.3. The zero-order valence-electron chi connectivity index (χ0n) is 12.0. The average Bonchev–Trinajstić information content (AvgIpc) is 2.85. The molecule has 2 rings (SSSR count). The van der Waals surface area contributed by atoms with Gasteiger partial charge in [0, 0.05) is 29.7 Å². The number of carbonyl (C=O) groups excluding carboxylic acids is 1. The molecule has 1 aliphatic rings. The number of likely N-dealkylation sites (N-methyl/N-ethyl adjacent to an activating group) is 1. The molecule has 1 N–H and O–H groups in total. The van der Waals surface area contributed by atoms with Crippen molar-refractivity contribution in [3.63, 3.8) is 0 Å². The molecule has 1 fully saturated rings. The van der Waals surface area contributed by atoms with Crippen molar-refractivity contribution in [1.82, 2.24) is 4.90 Å². The maximum Gasteiger partial charge on any atom is 0.246 e. The summed E-state index contributed by atoms with van der Waals surface area (Å²) in [6.07, 6.45) is 6.25. The third-order valence-electron chi connectivity index (χ3n) is 3.81. The summed E-state index contributed by atoms with van der Waals surface area (Å²) in [6, 6.07) is 4.57. The summed E-state index contributed by atoms with van der Waals surface area (Å²) in [4.78, 5) is 13.5. The molecule has 0 atom stereocenters. The van der Waals surface area contributed by atoms with Crippen molar-refractivity contribution in [3.05, 3.63) is 40.1 Å². The van der Waals surface area contributed by atoms with Gasteiger partial charge in [-0.2, -0.15) is 0 Å². The van der Waals surface area contributed by atoms with Crippen LogP contribution in [0.5, 0.6) is 0 Å². The normalized spacial score (nSPS) is 17.3. The summed E-state index contributed by atoms with van der Waals surface area (Å²) in [5.74, 6) is -0.617. The van der Waals surface area contributed by atoms with Crippen LogP contribution in [0.2, 0.25) is 0 Å². The van der Waals surface area contributed by atoms with E-state index >= 15 is 0 Å². The monoisotopic (exact) mass is 355 g/mol. The Kier molecular flexibility index (Phi) is 5.17. The Morgan fingerprint density at radius 1 is 1.48 bits per heavy atom. The van der Waals surface area contributed by atoms with Crippen LogP contribution in [-0.4, -0.2) is 35.1 Å². The zero-order chi connectivity index (χ0) is 15.5. The molecule has 21 heavy (non-hydrogen) atoms. The number of hydrogen-bond acceptors (Lipinski definition) is 2. The first kappa shape index (κ1) is 16.2. The number of carbonyl (C=O) groups is 1. The third-order valence-corrected chi connectivity index (χ3v) is 4.30. The van der Waals surface area contributed by atoms with Crippen LogP contribution in [0.3, 0.4) is 0 Å². The quantitative estimate of drug-likeness (QED) is 0.841. The maximum absolute atomic E-state index is 13.6. The highest BCUT2D eigenvalue weighted by Crippen LogP contribution is 2.30. The van der Waals surface area contributed by atoms with Crippen LogP contribution in [0.15, 0.2) is 28.7 Å². The Morgan fingerprint density at radius 2 is 2.14 bits per heavy atom. The molecular weight excluding hydrogens is 337 g/mol. The van der Waals surface area contributed by atoms with Gasteiger partial charge in [-0.15, -0.1) is 0 Å². The maximum atomic E-state index is 13.6. The van der Waals surface area contributed by atoms with Crippen LogP contribution in [0, 0.1) is 5.82 Å². The summed E-state index contributed by atoms with van der Waals surface area (Å²) in [5.41, 5.74) is -0.412. The number of nitrogens with zero attached hydrogens (tertiary/aromatic N) is 1. The lowest BCUT2D eigenvalue weighted by Crippen LogP contribution is -2.41. The van der Waals surface area contributed by atoms with E-state index in [1.807, 2.05) is 0 Å². The highest BCUT2D eigenvalue weighted by atomic mass is 79.9. The Hall–Kier alpha value is -1.20. The van der Waals surface area contributed by atoms with E-state index in [1.54, 1.807) is 19.2 Å². The van der Waals surface area contributed by atoms with Crippen molar-refractivity contribution >= 4 is 27.9 Å². The lowest BCUT2D eigenvalue weighted by atomic mass is 10.0. The van der Waals surface area contributed by atoms with E-state index < -0.39 is 5.60 Å². The molecule has 114 valence electrons. The van der Waals surface area contributed by atoms with Gasteiger partial charge in [0.1, 0.15) is 5.82 Å². The highest BCUT2D eigenvalue weighted by Gasteiger charge is 2.32. The molecular formula is C16H19BrFNO2. The SMILES string of the molecule is CN(CC1(O)CCCC1)C(=O)/C=C/c1cc(Br)ccc1F. The van der Waals surface area contributed by atoms with Crippen LogP contribution in [0.25, 0.3) is 6.08 Å². The van der Waals surface area contributed by atoms with Crippen molar-refractivity contribution in [2.24, 2.45) is 0 Å². The molecule has 1 aromatic carbocycles. The first-order chi connectivity index (χ1) is 9.89. The van der Waals surface area contributed by atoms with Crippen LogP contribution in [0.4, 0.5) is 4.39 Å². The molecule has 1 saturated carbocycles. The second kappa shape index (κ2) is 6.71.